The molecule has 4 heteroatoms. The molecular weight excluding hydrogens is 316 g/mol. The number of benzene rings is 2. The second kappa shape index (κ2) is 5.94. The number of amides is 1. The third-order valence-electron chi connectivity index (χ3n) is 3.70. The second-order valence-electron chi connectivity index (χ2n) is 5.22. The molecule has 104 valence electrons. The average molecular weight is 333 g/mol. The molecule has 20 heavy (non-hydrogen) atoms. The second-order valence-corrected chi connectivity index (χ2v) is 6.14. The minimum absolute atomic E-state index is 0.0171. The van der Waals surface area contributed by atoms with E-state index in [4.69, 9.17) is 0 Å². The van der Waals surface area contributed by atoms with Crippen molar-refractivity contribution in [3.8, 4) is 0 Å². The highest BCUT2D eigenvalue weighted by Crippen LogP contribution is 2.21. The molecule has 1 aliphatic heterocycles. The quantitative estimate of drug-likeness (QED) is 0.887. The van der Waals surface area contributed by atoms with Crippen molar-refractivity contribution in [3.05, 3.63) is 46.4 Å². The summed E-state index contributed by atoms with van der Waals surface area (Å²) in [6.07, 6.45) is 2.18. The molecule has 1 atom stereocenters. The zero-order valence-electron chi connectivity index (χ0n) is 11.2. The van der Waals surface area contributed by atoms with Crippen LogP contribution in [0.25, 0.3) is 10.8 Å². The van der Waals surface area contributed by atoms with Crippen molar-refractivity contribution in [2.24, 2.45) is 0 Å². The largest absolute Gasteiger partial charge is 0.348 e. The Balaban J connectivity index is 1.78. The Kier molecular flexibility index (Phi) is 4.03. The van der Waals surface area contributed by atoms with Gasteiger partial charge in [0.05, 0.1) is 0 Å². The number of hydrogen-bond donors (Lipinski definition) is 2. The van der Waals surface area contributed by atoms with E-state index in [2.05, 4.69) is 32.6 Å². The molecule has 2 aromatic carbocycles. The summed E-state index contributed by atoms with van der Waals surface area (Å²) < 4.78 is 1.05. The van der Waals surface area contributed by atoms with E-state index in [0.29, 0.717) is 0 Å². The van der Waals surface area contributed by atoms with Crippen LogP contribution in [0.4, 0.5) is 0 Å². The Bertz CT molecular complexity index is 635. The zero-order chi connectivity index (χ0) is 13.9. The highest BCUT2D eigenvalue weighted by molar-refractivity contribution is 9.10. The summed E-state index contributed by atoms with van der Waals surface area (Å²) in [5, 5.41) is 8.63. The van der Waals surface area contributed by atoms with Crippen LogP contribution in [0.1, 0.15) is 23.2 Å². The lowest BCUT2D eigenvalue weighted by atomic mass is 10.0. The molecule has 0 spiro atoms. The summed E-state index contributed by atoms with van der Waals surface area (Å²) in [6.45, 7) is 1.92. The van der Waals surface area contributed by atoms with Gasteiger partial charge in [0.25, 0.3) is 5.91 Å². The first-order valence-electron chi connectivity index (χ1n) is 6.93. The van der Waals surface area contributed by atoms with E-state index in [1.54, 1.807) is 0 Å². The van der Waals surface area contributed by atoms with Crippen LogP contribution in [0.2, 0.25) is 0 Å². The van der Waals surface area contributed by atoms with E-state index < -0.39 is 0 Å². The fourth-order valence-corrected chi connectivity index (χ4v) is 2.98. The molecule has 0 aromatic heterocycles. The van der Waals surface area contributed by atoms with Gasteiger partial charge in [-0.2, -0.15) is 0 Å². The first kappa shape index (κ1) is 13.6. The van der Waals surface area contributed by atoms with Crippen molar-refractivity contribution in [1.82, 2.24) is 10.6 Å². The number of rotatable bonds is 2. The molecular formula is C16H17BrN2O. The summed E-state index contributed by atoms with van der Waals surface area (Å²) in [7, 11) is 0. The van der Waals surface area contributed by atoms with Crippen LogP contribution in [-0.2, 0) is 0 Å². The lowest BCUT2D eigenvalue weighted by Gasteiger charge is -2.23. The molecule has 1 saturated heterocycles. The molecule has 3 rings (SSSR count). The Morgan fingerprint density at radius 1 is 1.20 bits per heavy atom. The maximum absolute atomic E-state index is 12.3. The van der Waals surface area contributed by atoms with Gasteiger partial charge < -0.3 is 10.6 Å². The van der Waals surface area contributed by atoms with Gasteiger partial charge in [0, 0.05) is 22.6 Å². The summed E-state index contributed by atoms with van der Waals surface area (Å²) in [4.78, 5) is 12.3. The standard InChI is InChI=1S/C16H17BrN2O/c17-14-6-5-11-8-13(4-3-12(11)9-14)16(20)19-15-2-1-7-18-10-15/h3-6,8-9,15,18H,1-2,7,10H2,(H,19,20). The molecule has 1 heterocycles. The van der Waals surface area contributed by atoms with Gasteiger partial charge in [-0.25, -0.2) is 0 Å². The van der Waals surface area contributed by atoms with Crippen LogP contribution in [0.5, 0.6) is 0 Å². The van der Waals surface area contributed by atoms with E-state index in [-0.39, 0.29) is 11.9 Å². The van der Waals surface area contributed by atoms with Crippen molar-refractivity contribution in [1.29, 1.82) is 0 Å². The smallest absolute Gasteiger partial charge is 0.251 e. The number of carbonyl (C=O) groups excluding carboxylic acids is 1. The van der Waals surface area contributed by atoms with Gasteiger partial charge in [-0.3, -0.25) is 4.79 Å². The van der Waals surface area contributed by atoms with E-state index in [1.165, 1.54) is 0 Å². The predicted octanol–water partition coefficient (Wildman–Crippen LogP) is 3.08. The molecule has 2 aromatic rings. The third kappa shape index (κ3) is 3.02. The van der Waals surface area contributed by atoms with Crippen molar-refractivity contribution in [2.75, 3.05) is 13.1 Å². The molecule has 0 radical (unpaired) electrons. The number of halogens is 1. The summed E-state index contributed by atoms with van der Waals surface area (Å²) >= 11 is 3.46. The van der Waals surface area contributed by atoms with Crippen molar-refractivity contribution >= 4 is 32.6 Å². The maximum Gasteiger partial charge on any atom is 0.251 e. The van der Waals surface area contributed by atoms with Crippen LogP contribution in [0, 0.1) is 0 Å². The lowest BCUT2D eigenvalue weighted by Crippen LogP contribution is -2.45. The number of fused-ring (bicyclic) bond motifs is 1. The van der Waals surface area contributed by atoms with E-state index in [9.17, 15) is 4.79 Å². The van der Waals surface area contributed by atoms with Crippen molar-refractivity contribution < 1.29 is 4.79 Å². The van der Waals surface area contributed by atoms with E-state index in [1.807, 2.05) is 30.3 Å². The van der Waals surface area contributed by atoms with Crippen LogP contribution in [0.15, 0.2) is 40.9 Å². The highest BCUT2D eigenvalue weighted by atomic mass is 79.9. The summed E-state index contributed by atoms with van der Waals surface area (Å²) in [5.74, 6) is 0.0171. The number of hydrogen-bond acceptors (Lipinski definition) is 2. The lowest BCUT2D eigenvalue weighted by molar-refractivity contribution is 0.0931. The summed E-state index contributed by atoms with van der Waals surface area (Å²) in [5.41, 5.74) is 0.727. The van der Waals surface area contributed by atoms with Gasteiger partial charge >= 0.3 is 0 Å². The summed E-state index contributed by atoms with van der Waals surface area (Å²) in [6, 6.07) is 12.2. The average Bonchev–Trinajstić information content (AvgIpc) is 2.47. The number of nitrogens with one attached hydrogen (secondary N) is 2. The molecule has 2 N–H and O–H groups in total. The van der Waals surface area contributed by atoms with Crippen molar-refractivity contribution in [3.63, 3.8) is 0 Å². The first-order chi connectivity index (χ1) is 9.72. The van der Waals surface area contributed by atoms with Crippen molar-refractivity contribution in [2.45, 2.75) is 18.9 Å². The molecule has 3 nitrogen and oxygen atoms in total. The van der Waals surface area contributed by atoms with Crippen LogP contribution >= 0.6 is 15.9 Å². The van der Waals surface area contributed by atoms with Crippen LogP contribution in [-0.4, -0.2) is 25.0 Å². The minimum atomic E-state index is 0.0171. The van der Waals surface area contributed by atoms with Gasteiger partial charge in [0.2, 0.25) is 0 Å². The Labute approximate surface area is 126 Å². The highest BCUT2D eigenvalue weighted by Gasteiger charge is 2.16. The van der Waals surface area contributed by atoms with E-state index in [0.717, 1.165) is 46.7 Å². The monoisotopic (exact) mass is 332 g/mol. The van der Waals surface area contributed by atoms with Gasteiger partial charge in [-0.15, -0.1) is 0 Å². The molecule has 1 fully saturated rings. The normalized spacial score (nSPS) is 18.9. The first-order valence-corrected chi connectivity index (χ1v) is 7.72. The third-order valence-corrected chi connectivity index (χ3v) is 4.19. The molecule has 0 aliphatic carbocycles. The Morgan fingerprint density at radius 2 is 2.00 bits per heavy atom. The maximum atomic E-state index is 12.3. The van der Waals surface area contributed by atoms with Gasteiger partial charge in [-0.1, -0.05) is 28.1 Å². The Hall–Kier alpha value is -1.39. The topological polar surface area (TPSA) is 41.1 Å². The molecule has 0 saturated carbocycles. The van der Waals surface area contributed by atoms with Crippen LogP contribution in [0.3, 0.4) is 0 Å². The minimum Gasteiger partial charge on any atom is -0.348 e. The van der Waals surface area contributed by atoms with Gasteiger partial charge in [-0.05, 0) is 54.4 Å². The Morgan fingerprint density at radius 3 is 2.80 bits per heavy atom. The SMILES string of the molecule is O=C(NC1CCCNC1)c1ccc2cc(Br)ccc2c1. The number of piperidine rings is 1. The fourth-order valence-electron chi connectivity index (χ4n) is 2.60. The molecule has 1 amide bonds. The predicted molar refractivity (Wildman–Crippen MR) is 85.0 cm³/mol. The molecule has 0 bridgehead atoms. The fraction of sp³-hybridized carbons (Fsp3) is 0.312. The molecule has 1 unspecified atom stereocenters. The number of carbonyl (C=O) groups is 1. The van der Waals surface area contributed by atoms with Gasteiger partial charge in [0.1, 0.15) is 0 Å². The van der Waals surface area contributed by atoms with E-state index >= 15 is 0 Å². The van der Waals surface area contributed by atoms with Crippen LogP contribution < -0.4 is 10.6 Å². The zero-order valence-corrected chi connectivity index (χ0v) is 12.7. The molecule has 1 aliphatic rings. The van der Waals surface area contributed by atoms with Gasteiger partial charge in [0.15, 0.2) is 0 Å².